The van der Waals surface area contributed by atoms with Gasteiger partial charge >= 0.3 is 5.97 Å². The lowest BCUT2D eigenvalue weighted by atomic mass is 10.1. The van der Waals surface area contributed by atoms with Gasteiger partial charge in [0.05, 0.1) is 19.3 Å². The van der Waals surface area contributed by atoms with Crippen molar-refractivity contribution in [2.24, 2.45) is 5.73 Å². The van der Waals surface area contributed by atoms with Gasteiger partial charge in [0, 0.05) is 6.04 Å². The van der Waals surface area contributed by atoms with Gasteiger partial charge in [-0.2, -0.15) is 0 Å². The zero-order valence-corrected chi connectivity index (χ0v) is 14.3. The smallest absolute Gasteiger partial charge is 0.337 e. The molecule has 2 rings (SSSR count). The molecule has 0 bridgehead atoms. The fourth-order valence-electron chi connectivity index (χ4n) is 2.11. The molecule has 0 saturated carbocycles. The Morgan fingerprint density at radius 1 is 1.08 bits per heavy atom. The lowest BCUT2D eigenvalue weighted by Gasteiger charge is -2.10. The first-order valence-corrected chi connectivity index (χ1v) is 7.38. The van der Waals surface area contributed by atoms with Gasteiger partial charge in [-0.1, -0.05) is 24.3 Å². The molecular formula is C18H22ClNO4. The number of aliphatic hydroxyl groups is 1. The fourth-order valence-corrected chi connectivity index (χ4v) is 2.11. The molecule has 0 heterocycles. The van der Waals surface area contributed by atoms with Crippen molar-refractivity contribution in [3.05, 3.63) is 65.2 Å². The van der Waals surface area contributed by atoms with Crippen LogP contribution >= 0.6 is 12.4 Å². The Bertz CT molecular complexity index is 628. The molecule has 0 amide bonds. The van der Waals surface area contributed by atoms with E-state index in [0.717, 1.165) is 16.9 Å². The van der Waals surface area contributed by atoms with E-state index in [-0.39, 0.29) is 31.0 Å². The first-order chi connectivity index (χ1) is 11.1. The Labute approximate surface area is 147 Å². The second-order valence-corrected chi connectivity index (χ2v) is 5.27. The summed E-state index contributed by atoms with van der Waals surface area (Å²) in [4.78, 5) is 11.4. The number of carbonyl (C=O) groups is 1. The predicted molar refractivity (Wildman–Crippen MR) is 94.6 cm³/mol. The quantitative estimate of drug-likeness (QED) is 0.748. The highest BCUT2D eigenvalue weighted by molar-refractivity contribution is 5.89. The van der Waals surface area contributed by atoms with E-state index < -0.39 is 0 Å². The van der Waals surface area contributed by atoms with Gasteiger partial charge in [-0.3, -0.25) is 0 Å². The van der Waals surface area contributed by atoms with Crippen LogP contribution in [0.4, 0.5) is 0 Å². The predicted octanol–water partition coefficient (Wildman–Crippen LogP) is 2.34. The summed E-state index contributed by atoms with van der Waals surface area (Å²) < 4.78 is 10.4. The largest absolute Gasteiger partial charge is 0.489 e. The number of hydrogen-bond acceptors (Lipinski definition) is 5. The number of methoxy groups -OCH3 is 1. The maximum absolute atomic E-state index is 11.4. The second kappa shape index (κ2) is 9.93. The Hall–Kier alpha value is -2.08. The van der Waals surface area contributed by atoms with Crippen LogP contribution in [0.5, 0.6) is 5.75 Å². The van der Waals surface area contributed by atoms with Crippen molar-refractivity contribution in [3.8, 4) is 5.75 Å². The number of halogens is 1. The third-order valence-electron chi connectivity index (χ3n) is 3.44. The Kier molecular flexibility index (Phi) is 8.26. The van der Waals surface area contributed by atoms with E-state index in [0.29, 0.717) is 18.6 Å². The highest BCUT2D eigenvalue weighted by Crippen LogP contribution is 2.15. The Morgan fingerprint density at radius 2 is 1.67 bits per heavy atom. The normalized spacial score (nSPS) is 11.3. The highest BCUT2D eigenvalue weighted by Gasteiger charge is 2.05. The van der Waals surface area contributed by atoms with Crippen LogP contribution < -0.4 is 10.5 Å². The third-order valence-corrected chi connectivity index (χ3v) is 3.44. The first kappa shape index (κ1) is 20.0. The second-order valence-electron chi connectivity index (χ2n) is 5.27. The van der Waals surface area contributed by atoms with Gasteiger partial charge in [0.25, 0.3) is 0 Å². The molecular weight excluding hydrogens is 330 g/mol. The van der Waals surface area contributed by atoms with Gasteiger partial charge in [-0.05, 0) is 41.8 Å². The van der Waals surface area contributed by atoms with Crippen LogP contribution in [-0.4, -0.2) is 30.8 Å². The lowest BCUT2D eigenvalue weighted by Crippen LogP contribution is -2.26. The molecule has 130 valence electrons. The maximum Gasteiger partial charge on any atom is 0.337 e. The molecule has 0 spiro atoms. The minimum atomic E-state index is -0.353. The fraction of sp³-hybridized carbons (Fsp3) is 0.278. The number of ether oxygens (including phenoxy) is 2. The van der Waals surface area contributed by atoms with Crippen LogP contribution in [-0.2, 0) is 17.8 Å². The van der Waals surface area contributed by atoms with Crippen LogP contribution in [0.2, 0.25) is 0 Å². The molecule has 2 aromatic rings. The summed E-state index contributed by atoms with van der Waals surface area (Å²) in [5.74, 6) is 0.400. The van der Waals surface area contributed by atoms with E-state index in [9.17, 15) is 4.79 Å². The molecule has 0 aliphatic carbocycles. The summed E-state index contributed by atoms with van der Waals surface area (Å²) in [7, 11) is 1.36. The van der Waals surface area contributed by atoms with Gasteiger partial charge in [0.15, 0.2) is 0 Å². The van der Waals surface area contributed by atoms with Gasteiger partial charge in [0.1, 0.15) is 12.4 Å². The van der Waals surface area contributed by atoms with Crippen molar-refractivity contribution in [1.29, 1.82) is 0 Å². The average Bonchev–Trinajstić information content (AvgIpc) is 2.60. The Morgan fingerprint density at radius 3 is 2.21 bits per heavy atom. The van der Waals surface area contributed by atoms with E-state index in [4.69, 9.17) is 15.6 Å². The Balaban J connectivity index is 0.00000288. The molecule has 6 heteroatoms. The summed E-state index contributed by atoms with van der Waals surface area (Å²) in [5, 5.41) is 8.95. The van der Waals surface area contributed by atoms with Crippen molar-refractivity contribution < 1.29 is 19.4 Å². The SMILES string of the molecule is COC(=O)c1ccc(COc2ccc(CC(N)CO)cc2)cc1.Cl. The molecule has 0 radical (unpaired) electrons. The summed E-state index contributed by atoms with van der Waals surface area (Å²) in [6.07, 6.45) is 0.631. The van der Waals surface area contributed by atoms with E-state index in [1.54, 1.807) is 12.1 Å². The zero-order chi connectivity index (χ0) is 16.7. The van der Waals surface area contributed by atoms with Crippen LogP contribution in [0.15, 0.2) is 48.5 Å². The molecule has 0 aliphatic heterocycles. The van der Waals surface area contributed by atoms with Crippen molar-refractivity contribution in [1.82, 2.24) is 0 Å². The molecule has 1 unspecified atom stereocenters. The van der Waals surface area contributed by atoms with Gasteiger partial charge in [-0.15, -0.1) is 12.4 Å². The number of carbonyl (C=O) groups excluding carboxylic acids is 1. The molecule has 0 aromatic heterocycles. The minimum absolute atomic E-state index is 0. The van der Waals surface area contributed by atoms with E-state index >= 15 is 0 Å². The maximum atomic E-state index is 11.4. The molecule has 3 N–H and O–H groups in total. The van der Waals surface area contributed by atoms with Gasteiger partial charge in [-0.25, -0.2) is 4.79 Å². The average molecular weight is 352 g/mol. The molecule has 24 heavy (non-hydrogen) atoms. The van der Waals surface area contributed by atoms with Crippen molar-refractivity contribution >= 4 is 18.4 Å². The van der Waals surface area contributed by atoms with E-state index in [1.165, 1.54) is 7.11 Å². The number of aliphatic hydroxyl groups excluding tert-OH is 1. The molecule has 5 nitrogen and oxygen atoms in total. The zero-order valence-electron chi connectivity index (χ0n) is 13.5. The number of esters is 1. The van der Waals surface area contributed by atoms with Crippen molar-refractivity contribution in [3.63, 3.8) is 0 Å². The minimum Gasteiger partial charge on any atom is -0.489 e. The molecule has 0 fully saturated rings. The molecule has 1 atom stereocenters. The van der Waals surface area contributed by atoms with Crippen LogP contribution in [0.25, 0.3) is 0 Å². The standard InChI is InChI=1S/C18H21NO4.ClH/c1-22-18(21)15-6-2-14(3-7-15)12-23-17-8-4-13(5-9-17)10-16(19)11-20;/h2-9,16,20H,10-12,19H2,1H3;1H. The van der Waals surface area contributed by atoms with E-state index in [2.05, 4.69) is 4.74 Å². The van der Waals surface area contributed by atoms with Crippen molar-refractivity contribution in [2.75, 3.05) is 13.7 Å². The first-order valence-electron chi connectivity index (χ1n) is 7.38. The van der Waals surface area contributed by atoms with E-state index in [1.807, 2.05) is 36.4 Å². The monoisotopic (exact) mass is 351 g/mol. The summed E-state index contributed by atoms with van der Waals surface area (Å²) in [5.41, 5.74) is 8.24. The topological polar surface area (TPSA) is 81.8 Å². The van der Waals surface area contributed by atoms with Crippen LogP contribution in [0.3, 0.4) is 0 Å². The van der Waals surface area contributed by atoms with Crippen LogP contribution in [0, 0.1) is 0 Å². The molecule has 2 aromatic carbocycles. The van der Waals surface area contributed by atoms with Gasteiger partial charge in [0.2, 0.25) is 0 Å². The van der Waals surface area contributed by atoms with Crippen molar-refractivity contribution in [2.45, 2.75) is 19.1 Å². The molecule has 0 aliphatic rings. The lowest BCUT2D eigenvalue weighted by molar-refractivity contribution is 0.0600. The highest BCUT2D eigenvalue weighted by atomic mass is 35.5. The third kappa shape index (κ3) is 5.85. The number of benzene rings is 2. The molecule has 0 saturated heterocycles. The summed E-state index contributed by atoms with van der Waals surface area (Å²) >= 11 is 0. The summed E-state index contributed by atoms with van der Waals surface area (Å²) in [6.45, 7) is 0.386. The van der Waals surface area contributed by atoms with Gasteiger partial charge < -0.3 is 20.3 Å². The number of rotatable bonds is 7. The number of nitrogens with two attached hydrogens (primary N) is 1. The summed E-state index contributed by atoms with van der Waals surface area (Å²) in [6, 6.07) is 14.5. The van der Waals surface area contributed by atoms with Crippen LogP contribution in [0.1, 0.15) is 21.5 Å². The number of hydrogen-bond donors (Lipinski definition) is 2.